The van der Waals surface area contributed by atoms with Crippen LogP contribution in [0.5, 0.6) is 0 Å². The van der Waals surface area contributed by atoms with E-state index in [9.17, 15) is 0 Å². The van der Waals surface area contributed by atoms with Crippen LogP contribution in [0.25, 0.3) is 77.6 Å². The Morgan fingerprint density at radius 2 is 0.804 bits per heavy atom. The van der Waals surface area contributed by atoms with E-state index in [0.29, 0.717) is 0 Å². The molecule has 56 heavy (non-hydrogen) atoms. The van der Waals surface area contributed by atoms with Gasteiger partial charge in [0.1, 0.15) is 11.3 Å². The van der Waals surface area contributed by atoms with Gasteiger partial charge >= 0.3 is 0 Å². The van der Waals surface area contributed by atoms with Gasteiger partial charge in [-0.05, 0) is 104 Å². The lowest BCUT2D eigenvalue weighted by Crippen LogP contribution is -2.11. The van der Waals surface area contributed by atoms with Crippen LogP contribution in [0.15, 0.2) is 229 Å². The molecule has 0 aliphatic heterocycles. The average molecular weight is 716 g/mol. The molecule has 0 aliphatic carbocycles. The summed E-state index contributed by atoms with van der Waals surface area (Å²) in [6.07, 6.45) is 0. The molecule has 0 fully saturated rings. The molecule has 2 nitrogen and oxygen atoms in total. The van der Waals surface area contributed by atoms with E-state index in [1.807, 2.05) is 18.2 Å². The fourth-order valence-electron chi connectivity index (χ4n) is 7.77. The second kappa shape index (κ2) is 14.4. The third kappa shape index (κ3) is 6.44. The number of fused-ring (bicyclic) bond motifs is 2. The topological polar surface area (TPSA) is 16.4 Å². The van der Waals surface area contributed by atoms with Crippen LogP contribution >= 0.6 is 0 Å². The lowest BCUT2D eigenvalue weighted by Gasteiger charge is -2.28. The molecule has 1 heterocycles. The van der Waals surface area contributed by atoms with Crippen molar-refractivity contribution in [2.75, 3.05) is 4.90 Å². The smallest absolute Gasteiger partial charge is 0.135 e. The Balaban J connectivity index is 1.04. The Morgan fingerprint density at radius 1 is 0.286 bits per heavy atom. The van der Waals surface area contributed by atoms with Gasteiger partial charge in [-0.2, -0.15) is 0 Å². The number of hydrogen-bond acceptors (Lipinski definition) is 2. The molecule has 10 rings (SSSR count). The van der Waals surface area contributed by atoms with Gasteiger partial charge in [-0.1, -0.05) is 170 Å². The predicted octanol–water partition coefficient (Wildman–Crippen LogP) is 15.4. The van der Waals surface area contributed by atoms with Crippen LogP contribution in [-0.4, -0.2) is 0 Å². The highest BCUT2D eigenvalue weighted by molar-refractivity contribution is 5.95. The van der Waals surface area contributed by atoms with Crippen LogP contribution in [0.4, 0.5) is 17.1 Å². The molecule has 9 aromatic carbocycles. The molecule has 0 atom stereocenters. The third-order valence-electron chi connectivity index (χ3n) is 10.7. The number of nitrogens with zero attached hydrogens (tertiary/aromatic N) is 1. The maximum Gasteiger partial charge on any atom is 0.135 e. The summed E-state index contributed by atoms with van der Waals surface area (Å²) in [6.45, 7) is 0. The van der Waals surface area contributed by atoms with Crippen LogP contribution in [0.2, 0.25) is 0 Å². The highest BCUT2D eigenvalue weighted by atomic mass is 16.3. The normalized spacial score (nSPS) is 11.2. The van der Waals surface area contributed by atoms with Crippen LogP contribution in [0, 0.1) is 0 Å². The molecule has 0 saturated heterocycles. The summed E-state index contributed by atoms with van der Waals surface area (Å²) in [5.74, 6) is 0.878. The zero-order valence-electron chi connectivity index (χ0n) is 30.7. The summed E-state index contributed by atoms with van der Waals surface area (Å²) in [4.78, 5) is 2.39. The largest absolute Gasteiger partial charge is 0.456 e. The van der Waals surface area contributed by atoms with Gasteiger partial charge in [0.2, 0.25) is 0 Å². The van der Waals surface area contributed by atoms with Crippen molar-refractivity contribution in [3.63, 3.8) is 0 Å². The van der Waals surface area contributed by atoms with E-state index in [2.05, 4.69) is 211 Å². The Labute approximate surface area is 327 Å². The van der Waals surface area contributed by atoms with E-state index in [1.54, 1.807) is 0 Å². The minimum absolute atomic E-state index is 0.878. The predicted molar refractivity (Wildman–Crippen MR) is 236 cm³/mol. The zero-order chi connectivity index (χ0) is 37.3. The minimum atomic E-state index is 0.878. The summed E-state index contributed by atoms with van der Waals surface area (Å²) in [5, 5.41) is 3.47. The fraction of sp³-hybridized carbons (Fsp3) is 0. The minimum Gasteiger partial charge on any atom is -0.456 e. The standard InChI is InChI=1S/C54H37NO/c1-3-12-38(13-4-1)40-22-24-42(25-23-40)51-19-8-9-20-52(51)55(49-31-28-41(29-32-49)39-14-5-2-6-15-39)50-33-30-45-34-44(26-27-46(45)36-50)43-17-11-18-47(35-43)54-37-48-16-7-10-21-53(48)56-54/h1-37H. The van der Waals surface area contributed by atoms with Crippen molar-refractivity contribution >= 4 is 38.8 Å². The second-order valence-corrected chi connectivity index (χ2v) is 14.2. The number of rotatable bonds is 8. The first-order valence-corrected chi connectivity index (χ1v) is 19.1. The van der Waals surface area contributed by atoms with Crippen molar-refractivity contribution in [1.29, 1.82) is 0 Å². The molecule has 264 valence electrons. The monoisotopic (exact) mass is 715 g/mol. The Morgan fingerprint density at radius 3 is 1.55 bits per heavy atom. The number of furan rings is 1. The second-order valence-electron chi connectivity index (χ2n) is 14.2. The van der Waals surface area contributed by atoms with Gasteiger partial charge in [0.05, 0.1) is 5.69 Å². The molecule has 0 N–H and O–H groups in total. The SMILES string of the molecule is c1ccc(-c2ccc(-c3ccccc3N(c3ccc(-c4ccccc4)cc3)c3ccc4cc(-c5cccc(-c6cc7ccccc7o6)c5)ccc4c3)cc2)cc1. The summed E-state index contributed by atoms with van der Waals surface area (Å²) >= 11 is 0. The summed E-state index contributed by atoms with van der Waals surface area (Å²) in [6, 6.07) is 80.1. The first kappa shape index (κ1) is 33.2. The van der Waals surface area contributed by atoms with Gasteiger partial charge in [-0.3, -0.25) is 0 Å². The molecule has 0 radical (unpaired) electrons. The first-order valence-electron chi connectivity index (χ1n) is 19.1. The van der Waals surface area contributed by atoms with E-state index < -0.39 is 0 Å². The maximum absolute atomic E-state index is 6.21. The molecule has 10 aromatic rings. The highest BCUT2D eigenvalue weighted by Gasteiger charge is 2.18. The number of hydrogen-bond donors (Lipinski definition) is 0. The highest BCUT2D eigenvalue weighted by Crippen LogP contribution is 2.43. The average Bonchev–Trinajstić information content (AvgIpc) is 3.72. The van der Waals surface area contributed by atoms with E-state index in [1.165, 1.54) is 49.7 Å². The zero-order valence-corrected chi connectivity index (χ0v) is 30.7. The number of para-hydroxylation sites is 2. The Bertz CT molecular complexity index is 2910. The van der Waals surface area contributed by atoms with Gasteiger partial charge in [0, 0.05) is 27.9 Å². The summed E-state index contributed by atoms with van der Waals surface area (Å²) in [7, 11) is 0. The molecule has 1 aromatic heterocycles. The molecule has 0 bridgehead atoms. The summed E-state index contributed by atoms with van der Waals surface area (Å²) in [5.41, 5.74) is 14.7. The lowest BCUT2D eigenvalue weighted by molar-refractivity contribution is 0.631. The van der Waals surface area contributed by atoms with Gasteiger partial charge in [-0.15, -0.1) is 0 Å². The van der Waals surface area contributed by atoms with Crippen LogP contribution in [-0.2, 0) is 0 Å². The first-order chi connectivity index (χ1) is 27.7. The lowest BCUT2D eigenvalue weighted by atomic mass is 9.97. The third-order valence-corrected chi connectivity index (χ3v) is 10.7. The fourth-order valence-corrected chi connectivity index (χ4v) is 7.77. The van der Waals surface area contributed by atoms with Crippen LogP contribution in [0.3, 0.4) is 0 Å². The van der Waals surface area contributed by atoms with Crippen molar-refractivity contribution in [2.24, 2.45) is 0 Å². The van der Waals surface area contributed by atoms with Crippen molar-refractivity contribution in [3.05, 3.63) is 224 Å². The van der Waals surface area contributed by atoms with Gasteiger partial charge < -0.3 is 9.32 Å². The van der Waals surface area contributed by atoms with Gasteiger partial charge in [-0.25, -0.2) is 0 Å². The molecule has 0 unspecified atom stereocenters. The molecule has 2 heteroatoms. The van der Waals surface area contributed by atoms with E-state index in [4.69, 9.17) is 4.42 Å². The van der Waals surface area contributed by atoms with Crippen molar-refractivity contribution < 1.29 is 4.42 Å². The molecule has 0 spiro atoms. The van der Waals surface area contributed by atoms with E-state index in [0.717, 1.165) is 44.9 Å². The maximum atomic E-state index is 6.21. The molecule has 0 aliphatic rings. The Kier molecular flexibility index (Phi) is 8.55. The molecule has 0 amide bonds. The van der Waals surface area contributed by atoms with Crippen LogP contribution < -0.4 is 4.90 Å². The molecule has 0 saturated carbocycles. The van der Waals surface area contributed by atoms with Gasteiger partial charge in [0.15, 0.2) is 0 Å². The van der Waals surface area contributed by atoms with Crippen molar-refractivity contribution in [2.45, 2.75) is 0 Å². The summed E-state index contributed by atoms with van der Waals surface area (Å²) < 4.78 is 6.21. The van der Waals surface area contributed by atoms with Gasteiger partial charge in [0.25, 0.3) is 0 Å². The Hall–Kier alpha value is -7.42. The van der Waals surface area contributed by atoms with Crippen molar-refractivity contribution in [1.82, 2.24) is 0 Å². The molecular formula is C54H37NO. The van der Waals surface area contributed by atoms with Crippen LogP contribution in [0.1, 0.15) is 0 Å². The van der Waals surface area contributed by atoms with Crippen molar-refractivity contribution in [3.8, 4) is 55.8 Å². The van der Waals surface area contributed by atoms with E-state index in [-0.39, 0.29) is 0 Å². The van der Waals surface area contributed by atoms with E-state index >= 15 is 0 Å². The number of benzene rings is 9. The number of anilines is 3. The quantitative estimate of drug-likeness (QED) is 0.156. The molecular weight excluding hydrogens is 679 g/mol.